The van der Waals surface area contributed by atoms with Crippen LogP contribution in [0.2, 0.25) is 0 Å². The van der Waals surface area contributed by atoms with Crippen LogP contribution in [0.15, 0.2) is 22.6 Å². The molecule has 0 bridgehead atoms. The zero-order valence-electron chi connectivity index (χ0n) is 12.1. The van der Waals surface area contributed by atoms with Crippen LogP contribution >= 0.6 is 0 Å². The quantitative estimate of drug-likeness (QED) is 0.733. The lowest BCUT2D eigenvalue weighted by atomic mass is 9.77. The first-order valence-corrected chi connectivity index (χ1v) is 6.18. The molecule has 7 heteroatoms. The van der Waals surface area contributed by atoms with Gasteiger partial charge in [0.1, 0.15) is 29.4 Å². The highest BCUT2D eigenvalue weighted by molar-refractivity contribution is 5.60. The maximum absolute atomic E-state index is 9.24. The Bertz CT molecular complexity index is 607. The van der Waals surface area contributed by atoms with E-state index in [0.717, 1.165) is 0 Å². The molecular formula is C14H16N4O3. The second-order valence-electron chi connectivity index (χ2n) is 5.37. The van der Waals surface area contributed by atoms with Gasteiger partial charge in [-0.1, -0.05) is 20.8 Å². The van der Waals surface area contributed by atoms with E-state index in [0.29, 0.717) is 0 Å². The fourth-order valence-corrected chi connectivity index (χ4v) is 2.12. The summed E-state index contributed by atoms with van der Waals surface area (Å²) in [4.78, 5) is 0. The smallest absolute Gasteiger partial charge is 0.247 e. The molecule has 0 fully saturated rings. The standard InChI is InChI=1S/C14H16N4O3/c1-13(2,3)14(20-5-4-19)11(9(6-15)7-16)10(8-17)12(18)21-14/h19H,4-5,18H2,1-3H3. The van der Waals surface area contributed by atoms with E-state index in [9.17, 15) is 5.26 Å². The number of aliphatic hydroxyl groups is 1. The lowest BCUT2D eigenvalue weighted by molar-refractivity contribution is -0.238. The molecule has 3 N–H and O–H groups in total. The molecule has 0 radical (unpaired) electrons. The van der Waals surface area contributed by atoms with Gasteiger partial charge in [0.15, 0.2) is 0 Å². The Balaban J connectivity index is 3.68. The van der Waals surface area contributed by atoms with Gasteiger partial charge in [-0.05, 0) is 0 Å². The third kappa shape index (κ3) is 2.55. The van der Waals surface area contributed by atoms with Crippen molar-refractivity contribution >= 4 is 0 Å². The molecule has 7 nitrogen and oxygen atoms in total. The summed E-state index contributed by atoms with van der Waals surface area (Å²) in [7, 11) is 0. The predicted molar refractivity (Wildman–Crippen MR) is 71.4 cm³/mol. The minimum absolute atomic E-state index is 0.00782. The number of allylic oxidation sites excluding steroid dienone is 1. The van der Waals surface area contributed by atoms with Crippen molar-refractivity contribution in [1.29, 1.82) is 15.8 Å². The maximum atomic E-state index is 9.24. The van der Waals surface area contributed by atoms with Crippen molar-refractivity contribution in [2.75, 3.05) is 13.2 Å². The fraction of sp³-hybridized carbons (Fsp3) is 0.500. The summed E-state index contributed by atoms with van der Waals surface area (Å²) < 4.78 is 11.2. The molecule has 0 spiro atoms. The van der Waals surface area contributed by atoms with Crippen LogP contribution in [-0.2, 0) is 9.47 Å². The molecule has 0 aromatic carbocycles. The number of hydrogen-bond acceptors (Lipinski definition) is 7. The van der Waals surface area contributed by atoms with E-state index in [1.807, 2.05) is 6.07 Å². The molecule has 0 saturated carbocycles. The van der Waals surface area contributed by atoms with Crippen LogP contribution < -0.4 is 5.73 Å². The third-order valence-electron chi connectivity index (χ3n) is 3.05. The van der Waals surface area contributed by atoms with Gasteiger partial charge in [-0.25, -0.2) is 0 Å². The number of nitrogens with zero attached hydrogens (tertiary/aromatic N) is 3. The van der Waals surface area contributed by atoms with Gasteiger partial charge >= 0.3 is 0 Å². The first-order valence-electron chi connectivity index (χ1n) is 6.18. The van der Waals surface area contributed by atoms with Crippen molar-refractivity contribution in [2.24, 2.45) is 11.1 Å². The number of nitriles is 3. The average molecular weight is 288 g/mol. The van der Waals surface area contributed by atoms with Crippen LogP contribution in [0.3, 0.4) is 0 Å². The molecule has 21 heavy (non-hydrogen) atoms. The molecule has 1 rings (SSSR count). The molecule has 0 aromatic heterocycles. The molecule has 1 aliphatic rings. The Morgan fingerprint density at radius 2 is 1.90 bits per heavy atom. The summed E-state index contributed by atoms with van der Waals surface area (Å²) in [6, 6.07) is 5.32. The van der Waals surface area contributed by atoms with Crippen molar-refractivity contribution in [1.82, 2.24) is 0 Å². The predicted octanol–water partition coefficient (Wildman–Crippen LogP) is 0.806. The monoisotopic (exact) mass is 288 g/mol. The number of hydrogen-bond donors (Lipinski definition) is 2. The zero-order chi connectivity index (χ0) is 16.3. The summed E-state index contributed by atoms with van der Waals surface area (Å²) in [6.45, 7) is 4.88. The zero-order valence-corrected chi connectivity index (χ0v) is 12.1. The Morgan fingerprint density at radius 3 is 2.29 bits per heavy atom. The second-order valence-corrected chi connectivity index (χ2v) is 5.37. The topological polar surface area (TPSA) is 136 Å². The van der Waals surface area contributed by atoms with Gasteiger partial charge in [-0.2, -0.15) is 15.8 Å². The van der Waals surface area contributed by atoms with E-state index in [1.54, 1.807) is 32.9 Å². The normalized spacial score (nSPS) is 21.3. The lowest BCUT2D eigenvalue weighted by Gasteiger charge is -2.41. The van der Waals surface area contributed by atoms with Crippen LogP contribution in [0.5, 0.6) is 0 Å². The summed E-state index contributed by atoms with van der Waals surface area (Å²) >= 11 is 0. The Hall–Kier alpha value is -2.53. The molecule has 0 saturated heterocycles. The minimum atomic E-state index is -1.58. The van der Waals surface area contributed by atoms with Crippen LogP contribution in [0, 0.1) is 39.4 Å². The van der Waals surface area contributed by atoms with Crippen molar-refractivity contribution < 1.29 is 14.6 Å². The summed E-state index contributed by atoms with van der Waals surface area (Å²) in [5.41, 5.74) is 4.57. The van der Waals surface area contributed by atoms with Gasteiger partial charge in [-0.15, -0.1) is 0 Å². The summed E-state index contributed by atoms with van der Waals surface area (Å²) in [6.07, 6.45) is 0. The van der Waals surface area contributed by atoms with Crippen molar-refractivity contribution in [3.8, 4) is 18.2 Å². The Morgan fingerprint density at radius 1 is 1.33 bits per heavy atom. The highest BCUT2D eigenvalue weighted by atomic mass is 16.7. The van der Waals surface area contributed by atoms with Crippen LogP contribution in [0.4, 0.5) is 0 Å². The van der Waals surface area contributed by atoms with Gasteiger partial charge in [-0.3, -0.25) is 0 Å². The fourth-order valence-electron chi connectivity index (χ4n) is 2.12. The molecule has 1 aliphatic heterocycles. The van der Waals surface area contributed by atoms with E-state index in [2.05, 4.69) is 0 Å². The van der Waals surface area contributed by atoms with Crippen LogP contribution in [0.25, 0.3) is 0 Å². The number of rotatable bonds is 3. The molecule has 0 aliphatic carbocycles. The number of ether oxygens (including phenoxy) is 2. The lowest BCUT2D eigenvalue weighted by Crippen LogP contribution is -2.48. The van der Waals surface area contributed by atoms with E-state index < -0.39 is 11.2 Å². The SMILES string of the molecule is CC(C)(C)C1(OCCO)OC(N)=C(C#N)C1=C(C#N)C#N. The highest BCUT2D eigenvalue weighted by Crippen LogP contribution is 2.50. The van der Waals surface area contributed by atoms with E-state index in [-0.39, 0.29) is 35.8 Å². The number of aliphatic hydroxyl groups excluding tert-OH is 1. The maximum Gasteiger partial charge on any atom is 0.247 e. The van der Waals surface area contributed by atoms with Crippen LogP contribution in [0.1, 0.15) is 20.8 Å². The van der Waals surface area contributed by atoms with Crippen molar-refractivity contribution in [3.63, 3.8) is 0 Å². The van der Waals surface area contributed by atoms with Crippen molar-refractivity contribution in [2.45, 2.75) is 26.6 Å². The number of nitrogens with two attached hydrogens (primary N) is 1. The second kappa shape index (κ2) is 5.85. The highest BCUT2D eigenvalue weighted by Gasteiger charge is 2.56. The van der Waals surface area contributed by atoms with E-state index >= 15 is 0 Å². The Kier molecular flexibility index (Phi) is 4.60. The summed E-state index contributed by atoms with van der Waals surface area (Å²) in [5, 5.41) is 36.5. The van der Waals surface area contributed by atoms with Gasteiger partial charge in [0.2, 0.25) is 11.7 Å². The van der Waals surface area contributed by atoms with Crippen LogP contribution in [-0.4, -0.2) is 24.1 Å². The molecule has 0 aromatic rings. The largest absolute Gasteiger partial charge is 0.441 e. The molecule has 1 atom stereocenters. The van der Waals surface area contributed by atoms with Gasteiger partial charge < -0.3 is 20.3 Å². The van der Waals surface area contributed by atoms with E-state index in [1.165, 1.54) is 0 Å². The first kappa shape index (κ1) is 16.5. The van der Waals surface area contributed by atoms with E-state index in [4.69, 9.17) is 30.8 Å². The summed E-state index contributed by atoms with van der Waals surface area (Å²) in [5.74, 6) is -1.78. The third-order valence-corrected chi connectivity index (χ3v) is 3.05. The first-order chi connectivity index (χ1) is 9.78. The Labute approximate surface area is 123 Å². The van der Waals surface area contributed by atoms with Gasteiger partial charge in [0.25, 0.3) is 0 Å². The minimum Gasteiger partial charge on any atom is -0.441 e. The van der Waals surface area contributed by atoms with Crippen molar-refractivity contribution in [3.05, 3.63) is 22.6 Å². The van der Waals surface area contributed by atoms with Gasteiger partial charge in [0, 0.05) is 5.41 Å². The molecule has 0 amide bonds. The molecule has 110 valence electrons. The molecular weight excluding hydrogens is 272 g/mol. The average Bonchev–Trinajstić information content (AvgIpc) is 2.71. The molecule has 1 unspecified atom stereocenters. The molecule has 1 heterocycles. The van der Waals surface area contributed by atoms with Gasteiger partial charge in [0.05, 0.1) is 18.8 Å².